The maximum atomic E-state index is 12.0. The highest BCUT2D eigenvalue weighted by Crippen LogP contribution is 2.29. The Morgan fingerprint density at radius 1 is 1.11 bits per heavy atom. The Balaban J connectivity index is 1.25. The number of urea groups is 1. The molecule has 180 valence electrons. The minimum absolute atomic E-state index is 0.180. The molecule has 2 aliphatic heterocycles. The van der Waals surface area contributed by atoms with Gasteiger partial charge in [0.05, 0.1) is 6.20 Å². The Morgan fingerprint density at radius 2 is 1.94 bits per heavy atom. The second-order valence-corrected chi connectivity index (χ2v) is 9.36. The van der Waals surface area contributed by atoms with Crippen LogP contribution >= 0.6 is 11.6 Å². The van der Waals surface area contributed by atoms with Crippen LogP contribution in [0, 0.1) is 0 Å². The van der Waals surface area contributed by atoms with Crippen molar-refractivity contribution in [3.63, 3.8) is 0 Å². The number of anilines is 2. The summed E-state index contributed by atoms with van der Waals surface area (Å²) in [5.74, 6) is 1.26. The number of rotatable bonds is 6. The van der Waals surface area contributed by atoms with Gasteiger partial charge in [0.15, 0.2) is 5.65 Å². The number of carbonyl (C=O) groups excluding carboxylic acids is 2. The zero-order chi connectivity index (χ0) is 23.9. The third-order valence-corrected chi connectivity index (χ3v) is 6.55. The van der Waals surface area contributed by atoms with Crippen LogP contribution in [-0.4, -0.2) is 68.6 Å². The van der Waals surface area contributed by atoms with Gasteiger partial charge in [-0.3, -0.25) is 15.0 Å². The maximum Gasteiger partial charge on any atom is 0.326 e. The molecule has 2 saturated heterocycles. The van der Waals surface area contributed by atoms with Crippen LogP contribution in [0.15, 0.2) is 36.3 Å². The van der Waals surface area contributed by atoms with Crippen LogP contribution in [0.2, 0.25) is 5.15 Å². The Kier molecular flexibility index (Phi) is 5.50. The normalized spacial score (nSPS) is 19.9. The summed E-state index contributed by atoms with van der Waals surface area (Å²) < 4.78 is 1.76. The number of halogens is 1. The van der Waals surface area contributed by atoms with E-state index in [1.807, 2.05) is 24.4 Å². The van der Waals surface area contributed by atoms with Crippen molar-refractivity contribution in [2.24, 2.45) is 0 Å². The first-order valence-corrected chi connectivity index (χ1v) is 12.0. The van der Waals surface area contributed by atoms with Gasteiger partial charge in [-0.2, -0.15) is 9.61 Å². The Labute approximate surface area is 206 Å². The molecule has 12 heteroatoms. The molecule has 3 aromatic heterocycles. The van der Waals surface area contributed by atoms with Crippen LogP contribution in [0.1, 0.15) is 24.0 Å². The minimum atomic E-state index is -0.533. The molecule has 0 bridgehead atoms. The molecular weight excluding hydrogens is 470 g/mol. The largest absolute Gasteiger partial charge is 0.367 e. The summed E-state index contributed by atoms with van der Waals surface area (Å²) in [4.78, 5) is 37.3. The van der Waals surface area contributed by atoms with Crippen LogP contribution in [-0.2, 0) is 11.3 Å². The highest BCUT2D eigenvalue weighted by molar-refractivity contribution is 6.29. The fraction of sp³-hybridized carbons (Fsp3) is 0.348. The molecule has 0 unspecified atom stereocenters. The third kappa shape index (κ3) is 4.64. The number of pyridine rings is 1. The summed E-state index contributed by atoms with van der Waals surface area (Å²) >= 11 is 5.90. The summed E-state index contributed by atoms with van der Waals surface area (Å²) in [6.45, 7) is 4.27. The Morgan fingerprint density at radius 3 is 2.63 bits per heavy atom. The van der Waals surface area contributed by atoms with Crippen LogP contribution in [0.5, 0.6) is 0 Å². The molecule has 1 saturated carbocycles. The van der Waals surface area contributed by atoms with Crippen LogP contribution < -0.4 is 20.9 Å². The van der Waals surface area contributed by atoms with E-state index < -0.39 is 11.9 Å². The van der Waals surface area contributed by atoms with Gasteiger partial charge in [0.1, 0.15) is 22.5 Å². The Bertz CT molecular complexity index is 1320. The number of aromatic nitrogens is 4. The van der Waals surface area contributed by atoms with Gasteiger partial charge in [0.2, 0.25) is 0 Å². The van der Waals surface area contributed by atoms with Gasteiger partial charge >= 0.3 is 6.03 Å². The molecule has 0 aromatic carbocycles. The van der Waals surface area contributed by atoms with Gasteiger partial charge in [0, 0.05) is 56.6 Å². The number of fused-ring (bicyclic) bond motifs is 1. The molecule has 3 N–H and O–H groups in total. The smallest absolute Gasteiger partial charge is 0.326 e. The molecule has 3 aromatic rings. The highest BCUT2D eigenvalue weighted by Gasteiger charge is 2.26. The van der Waals surface area contributed by atoms with Crippen LogP contribution in [0.4, 0.5) is 16.4 Å². The van der Waals surface area contributed by atoms with Crippen molar-refractivity contribution < 1.29 is 9.59 Å². The molecule has 0 spiro atoms. The lowest BCUT2D eigenvalue weighted by atomic mass is 10.2. The van der Waals surface area contributed by atoms with Crippen molar-refractivity contribution in [3.05, 3.63) is 52.6 Å². The number of amides is 3. The van der Waals surface area contributed by atoms with Gasteiger partial charge in [-0.1, -0.05) is 17.7 Å². The van der Waals surface area contributed by atoms with E-state index in [1.54, 1.807) is 16.8 Å². The van der Waals surface area contributed by atoms with Crippen molar-refractivity contribution in [1.82, 2.24) is 35.1 Å². The SMILES string of the molecule is O=C1NC(=O)/C(=C/c2cnn3c(NC4CC4)cc(N4CCN(Cc5ccc(Cl)nc5)CC4)nc23)N1. The number of hydrogen-bond acceptors (Lipinski definition) is 8. The molecular formula is C23H24ClN9O2. The van der Waals surface area contributed by atoms with Crippen molar-refractivity contribution in [2.75, 3.05) is 36.4 Å². The van der Waals surface area contributed by atoms with Crippen molar-refractivity contribution in [3.8, 4) is 0 Å². The van der Waals surface area contributed by atoms with Gasteiger partial charge in [-0.15, -0.1) is 0 Å². The van der Waals surface area contributed by atoms with Crippen molar-refractivity contribution in [1.29, 1.82) is 0 Å². The first kappa shape index (κ1) is 21.8. The summed E-state index contributed by atoms with van der Waals surface area (Å²) in [7, 11) is 0. The molecule has 0 atom stereocenters. The Hall–Kier alpha value is -3.70. The molecule has 1 aliphatic carbocycles. The average Bonchev–Trinajstić information content (AvgIpc) is 3.49. The lowest BCUT2D eigenvalue weighted by molar-refractivity contribution is -0.115. The number of carbonyl (C=O) groups is 2. The van der Waals surface area contributed by atoms with E-state index in [1.165, 1.54) is 0 Å². The number of piperazine rings is 1. The number of imide groups is 1. The van der Waals surface area contributed by atoms with E-state index in [0.717, 1.165) is 62.8 Å². The van der Waals surface area contributed by atoms with E-state index >= 15 is 0 Å². The van der Waals surface area contributed by atoms with Gasteiger partial charge in [-0.25, -0.2) is 14.8 Å². The topological polar surface area (TPSA) is 120 Å². The molecule has 6 rings (SSSR count). The summed E-state index contributed by atoms with van der Waals surface area (Å²) in [5, 5.41) is 13.3. The predicted octanol–water partition coefficient (Wildman–Crippen LogP) is 1.85. The summed E-state index contributed by atoms with van der Waals surface area (Å²) in [6.07, 6.45) is 7.34. The quantitative estimate of drug-likeness (QED) is 0.270. The predicted molar refractivity (Wildman–Crippen MR) is 131 cm³/mol. The zero-order valence-electron chi connectivity index (χ0n) is 18.9. The molecule has 3 amide bonds. The van der Waals surface area contributed by atoms with Crippen LogP contribution in [0.3, 0.4) is 0 Å². The second-order valence-electron chi connectivity index (χ2n) is 8.97. The lowest BCUT2D eigenvalue weighted by Crippen LogP contribution is -2.46. The highest BCUT2D eigenvalue weighted by atomic mass is 35.5. The van der Waals surface area contributed by atoms with Gasteiger partial charge in [-0.05, 0) is 30.5 Å². The fourth-order valence-electron chi connectivity index (χ4n) is 4.30. The lowest BCUT2D eigenvalue weighted by Gasteiger charge is -2.35. The fourth-order valence-corrected chi connectivity index (χ4v) is 4.41. The van der Waals surface area contributed by atoms with E-state index in [-0.39, 0.29) is 5.70 Å². The molecule has 3 fully saturated rings. The molecule has 3 aliphatic rings. The van der Waals surface area contributed by atoms with Crippen molar-refractivity contribution in [2.45, 2.75) is 25.4 Å². The van der Waals surface area contributed by atoms with Crippen molar-refractivity contribution >= 4 is 46.9 Å². The van der Waals surface area contributed by atoms with Gasteiger partial charge < -0.3 is 15.5 Å². The summed E-state index contributed by atoms with van der Waals surface area (Å²) in [5.41, 5.74) is 2.60. The first-order valence-electron chi connectivity index (χ1n) is 11.6. The monoisotopic (exact) mass is 493 g/mol. The maximum absolute atomic E-state index is 12.0. The van der Waals surface area contributed by atoms with E-state index in [0.29, 0.717) is 22.4 Å². The number of nitrogens with zero attached hydrogens (tertiary/aromatic N) is 6. The standard InChI is InChI=1S/C23H24ClN9O2/c24-18-4-1-14(11-25-18)13-31-5-7-32(8-6-31)19-10-20(27-16-2-3-16)33-21(29-19)15(12-26-33)9-17-22(34)30-23(35)28-17/h1,4,9-12,16,27H,2-3,5-8,13H2,(H2,28,30,34,35)/b17-9-. The molecule has 5 heterocycles. The summed E-state index contributed by atoms with van der Waals surface area (Å²) in [6, 6.07) is 5.77. The van der Waals surface area contributed by atoms with Gasteiger partial charge in [0.25, 0.3) is 5.91 Å². The number of hydrogen-bond donors (Lipinski definition) is 3. The van der Waals surface area contributed by atoms with E-state index in [4.69, 9.17) is 16.6 Å². The molecule has 11 nitrogen and oxygen atoms in total. The first-order chi connectivity index (χ1) is 17.0. The van der Waals surface area contributed by atoms with E-state index in [2.05, 4.69) is 35.8 Å². The molecule has 35 heavy (non-hydrogen) atoms. The second kappa shape index (κ2) is 8.82. The minimum Gasteiger partial charge on any atom is -0.367 e. The third-order valence-electron chi connectivity index (χ3n) is 6.33. The zero-order valence-corrected chi connectivity index (χ0v) is 19.6. The molecule has 0 radical (unpaired) electrons. The number of nitrogens with one attached hydrogen (secondary N) is 3. The average molecular weight is 494 g/mol. The van der Waals surface area contributed by atoms with E-state index in [9.17, 15) is 9.59 Å². The van der Waals surface area contributed by atoms with Crippen LogP contribution in [0.25, 0.3) is 11.7 Å².